The summed E-state index contributed by atoms with van der Waals surface area (Å²) >= 11 is 6.42. The first-order valence-electron chi connectivity index (χ1n) is 8.33. The van der Waals surface area contributed by atoms with Crippen LogP contribution in [0.2, 0.25) is 5.02 Å². The van der Waals surface area contributed by atoms with E-state index in [-0.39, 0.29) is 23.0 Å². The highest BCUT2D eigenvalue weighted by Gasteiger charge is 2.39. The van der Waals surface area contributed by atoms with Crippen molar-refractivity contribution in [2.24, 2.45) is 0 Å². The number of carbonyl (C=O) groups excluding carboxylic acids is 2. The van der Waals surface area contributed by atoms with Gasteiger partial charge in [0.1, 0.15) is 11.7 Å². The molecule has 1 aliphatic heterocycles. The standard InChI is InChI=1S/C19H14ClN5O3/c1-28-18(27)15-14(17(26)11-7-3-2-4-8-11)16(12-9-5-6-10-13(12)20)25-19(21-15)22-23-24-25/h2-10,16H,1H3,(H,21,22,24). The van der Waals surface area contributed by atoms with E-state index in [4.69, 9.17) is 16.3 Å². The van der Waals surface area contributed by atoms with Gasteiger partial charge in [0.05, 0.1) is 12.7 Å². The maximum Gasteiger partial charge on any atom is 0.355 e. The van der Waals surface area contributed by atoms with Crippen molar-refractivity contribution < 1.29 is 14.3 Å². The highest BCUT2D eigenvalue weighted by molar-refractivity contribution is 6.31. The SMILES string of the molecule is COC(=O)C1=C(C(=O)c2ccccc2)C(c2ccccc2Cl)n2nnnc2N1. The highest BCUT2D eigenvalue weighted by atomic mass is 35.5. The Hall–Kier alpha value is -3.52. The molecule has 0 fully saturated rings. The molecule has 9 heteroatoms. The molecule has 1 aliphatic rings. The van der Waals surface area contributed by atoms with Gasteiger partial charge in [0.2, 0.25) is 5.95 Å². The van der Waals surface area contributed by atoms with Crippen molar-refractivity contribution in [2.45, 2.75) is 6.04 Å². The van der Waals surface area contributed by atoms with Gasteiger partial charge < -0.3 is 10.1 Å². The zero-order chi connectivity index (χ0) is 19.7. The number of hydrogen-bond donors (Lipinski definition) is 1. The van der Waals surface area contributed by atoms with Crippen LogP contribution in [0, 0.1) is 0 Å². The number of ketones is 1. The molecule has 0 saturated carbocycles. The van der Waals surface area contributed by atoms with Gasteiger partial charge in [-0.05, 0) is 16.5 Å². The normalized spacial score (nSPS) is 15.6. The van der Waals surface area contributed by atoms with Gasteiger partial charge in [-0.15, -0.1) is 0 Å². The van der Waals surface area contributed by atoms with Crippen molar-refractivity contribution in [1.29, 1.82) is 0 Å². The minimum absolute atomic E-state index is 0.0245. The zero-order valence-corrected chi connectivity index (χ0v) is 15.4. The average molecular weight is 396 g/mol. The Bertz CT molecular complexity index is 1090. The van der Waals surface area contributed by atoms with Crippen LogP contribution in [0.1, 0.15) is 22.0 Å². The van der Waals surface area contributed by atoms with Crippen LogP contribution < -0.4 is 5.32 Å². The number of anilines is 1. The van der Waals surface area contributed by atoms with Crippen LogP contribution in [-0.4, -0.2) is 39.1 Å². The molecule has 1 aromatic heterocycles. The van der Waals surface area contributed by atoms with Crippen molar-refractivity contribution in [3.63, 3.8) is 0 Å². The van der Waals surface area contributed by atoms with Gasteiger partial charge in [0.25, 0.3) is 0 Å². The van der Waals surface area contributed by atoms with Crippen molar-refractivity contribution in [2.75, 3.05) is 12.4 Å². The molecule has 1 unspecified atom stereocenters. The predicted octanol–water partition coefficient (Wildman–Crippen LogP) is 2.65. The van der Waals surface area contributed by atoms with E-state index in [0.29, 0.717) is 16.1 Å². The Morgan fingerprint density at radius 3 is 2.54 bits per heavy atom. The molecule has 0 amide bonds. The van der Waals surface area contributed by atoms with Crippen LogP contribution in [0.15, 0.2) is 65.9 Å². The minimum atomic E-state index is -0.804. The maximum atomic E-state index is 13.4. The molecular weight excluding hydrogens is 382 g/mol. The summed E-state index contributed by atoms with van der Waals surface area (Å²) in [5.74, 6) is -0.861. The van der Waals surface area contributed by atoms with Gasteiger partial charge in [-0.2, -0.15) is 4.68 Å². The number of halogens is 1. The monoisotopic (exact) mass is 395 g/mol. The number of benzene rings is 2. The number of aromatic nitrogens is 4. The third-order valence-electron chi connectivity index (χ3n) is 4.39. The van der Waals surface area contributed by atoms with E-state index >= 15 is 0 Å². The van der Waals surface area contributed by atoms with Crippen LogP contribution >= 0.6 is 11.6 Å². The Kier molecular flexibility index (Phi) is 4.62. The number of nitrogens with zero attached hydrogens (tertiary/aromatic N) is 4. The number of tetrazole rings is 1. The third kappa shape index (κ3) is 2.93. The second-order valence-corrected chi connectivity index (χ2v) is 6.38. The van der Waals surface area contributed by atoms with E-state index in [1.165, 1.54) is 11.8 Å². The first-order valence-corrected chi connectivity index (χ1v) is 8.71. The fourth-order valence-corrected chi connectivity index (χ4v) is 3.36. The summed E-state index contributed by atoms with van der Waals surface area (Å²) in [5, 5.41) is 14.8. The van der Waals surface area contributed by atoms with E-state index in [9.17, 15) is 9.59 Å². The number of carbonyl (C=O) groups is 2. The second-order valence-electron chi connectivity index (χ2n) is 5.97. The summed E-state index contributed by atoms with van der Waals surface area (Å²) in [6, 6.07) is 14.9. The van der Waals surface area contributed by atoms with Gasteiger partial charge in [-0.3, -0.25) is 4.79 Å². The number of fused-ring (bicyclic) bond motifs is 1. The Morgan fingerprint density at radius 2 is 1.82 bits per heavy atom. The van der Waals surface area contributed by atoms with E-state index in [1.807, 2.05) is 0 Å². The van der Waals surface area contributed by atoms with E-state index in [0.717, 1.165) is 0 Å². The molecule has 1 atom stereocenters. The van der Waals surface area contributed by atoms with Gasteiger partial charge in [0, 0.05) is 16.1 Å². The van der Waals surface area contributed by atoms with Gasteiger partial charge >= 0.3 is 5.97 Å². The molecule has 2 heterocycles. The molecule has 2 aromatic carbocycles. The number of methoxy groups -OCH3 is 1. The lowest BCUT2D eigenvalue weighted by atomic mass is 9.89. The highest BCUT2D eigenvalue weighted by Crippen LogP contribution is 2.39. The molecule has 28 heavy (non-hydrogen) atoms. The Morgan fingerprint density at radius 1 is 1.11 bits per heavy atom. The number of nitrogens with one attached hydrogen (secondary N) is 1. The topological polar surface area (TPSA) is 99.0 Å². The van der Waals surface area contributed by atoms with E-state index < -0.39 is 12.0 Å². The first-order chi connectivity index (χ1) is 13.6. The molecule has 1 N–H and O–H groups in total. The molecule has 4 rings (SSSR count). The van der Waals surface area contributed by atoms with Crippen molar-refractivity contribution >= 4 is 29.3 Å². The number of esters is 1. The summed E-state index contributed by atoms with van der Waals surface area (Å²) in [5.41, 5.74) is 1.11. The summed E-state index contributed by atoms with van der Waals surface area (Å²) in [6.07, 6.45) is 0. The van der Waals surface area contributed by atoms with Crippen LogP contribution in [0.5, 0.6) is 0 Å². The van der Waals surface area contributed by atoms with Gasteiger partial charge in [-0.25, -0.2) is 4.79 Å². The van der Waals surface area contributed by atoms with Gasteiger partial charge in [0.15, 0.2) is 5.78 Å². The molecule has 0 bridgehead atoms. The summed E-state index contributed by atoms with van der Waals surface area (Å²) < 4.78 is 6.31. The maximum absolute atomic E-state index is 13.4. The van der Waals surface area contributed by atoms with E-state index in [2.05, 4.69) is 20.8 Å². The number of hydrogen-bond acceptors (Lipinski definition) is 7. The Labute approximate surface area is 164 Å². The van der Waals surface area contributed by atoms with Gasteiger partial charge in [-0.1, -0.05) is 65.2 Å². The molecule has 0 saturated heterocycles. The van der Waals surface area contributed by atoms with Crippen molar-refractivity contribution in [3.8, 4) is 0 Å². The van der Waals surface area contributed by atoms with E-state index in [1.54, 1.807) is 54.6 Å². The summed E-state index contributed by atoms with van der Waals surface area (Å²) in [4.78, 5) is 25.9. The lowest BCUT2D eigenvalue weighted by molar-refractivity contribution is -0.136. The molecular formula is C19H14ClN5O3. The third-order valence-corrected chi connectivity index (χ3v) is 4.73. The lowest BCUT2D eigenvalue weighted by Gasteiger charge is -2.28. The smallest absolute Gasteiger partial charge is 0.355 e. The largest absolute Gasteiger partial charge is 0.464 e. The fraction of sp³-hybridized carbons (Fsp3) is 0.105. The molecule has 0 spiro atoms. The van der Waals surface area contributed by atoms with Crippen LogP contribution in [-0.2, 0) is 9.53 Å². The molecule has 140 valence electrons. The molecule has 0 radical (unpaired) electrons. The second kappa shape index (κ2) is 7.24. The molecule has 8 nitrogen and oxygen atoms in total. The molecule has 3 aromatic rings. The number of ether oxygens (including phenoxy) is 1. The number of allylic oxidation sites excluding steroid dienone is 1. The summed E-state index contributed by atoms with van der Waals surface area (Å²) in [7, 11) is 1.24. The van der Waals surface area contributed by atoms with Crippen molar-refractivity contribution in [1.82, 2.24) is 20.2 Å². The molecule has 0 aliphatic carbocycles. The average Bonchev–Trinajstić information content (AvgIpc) is 3.21. The number of Topliss-reactive ketones (excluding diaryl/α,β-unsaturated/α-hetero) is 1. The predicted molar refractivity (Wildman–Crippen MR) is 101 cm³/mol. The zero-order valence-electron chi connectivity index (χ0n) is 14.7. The lowest BCUT2D eigenvalue weighted by Crippen LogP contribution is -2.33. The summed E-state index contributed by atoms with van der Waals surface area (Å²) in [6.45, 7) is 0. The van der Waals surface area contributed by atoms with Crippen molar-refractivity contribution in [3.05, 3.63) is 82.0 Å². The van der Waals surface area contributed by atoms with Crippen LogP contribution in [0.3, 0.4) is 0 Å². The number of rotatable bonds is 4. The van der Waals surface area contributed by atoms with Crippen LogP contribution in [0.25, 0.3) is 0 Å². The minimum Gasteiger partial charge on any atom is -0.464 e. The Balaban J connectivity index is 1.99. The van der Waals surface area contributed by atoms with Crippen LogP contribution in [0.4, 0.5) is 5.95 Å². The quantitative estimate of drug-likeness (QED) is 0.535. The fourth-order valence-electron chi connectivity index (χ4n) is 3.12. The first kappa shape index (κ1) is 17.9.